The first-order chi connectivity index (χ1) is 25.7. The molecule has 0 saturated carbocycles. The molecule has 288 valence electrons. The van der Waals surface area contributed by atoms with Gasteiger partial charge < -0.3 is 53.3 Å². The van der Waals surface area contributed by atoms with Gasteiger partial charge in [-0.15, -0.1) is 0 Å². The van der Waals surface area contributed by atoms with Gasteiger partial charge in [0.05, 0.1) is 18.3 Å². The van der Waals surface area contributed by atoms with Crippen LogP contribution in [-0.4, -0.2) is 94.9 Å². The summed E-state index contributed by atoms with van der Waals surface area (Å²) in [6.45, 7) is 2.49. The molecule has 18 nitrogen and oxygen atoms in total. The molecule has 0 saturated heterocycles. The van der Waals surface area contributed by atoms with Crippen molar-refractivity contribution in [3.8, 4) is 17.2 Å². The molecule has 5 amide bonds. The van der Waals surface area contributed by atoms with E-state index in [1.807, 2.05) is 12.1 Å². The second-order valence-corrected chi connectivity index (χ2v) is 12.6. The van der Waals surface area contributed by atoms with Crippen molar-refractivity contribution in [2.24, 2.45) is 17.2 Å². The number of unbranched alkanes of at least 4 members (excludes halogenated alkanes) is 1. The Balaban J connectivity index is 1.60. The number of ketones is 1. The van der Waals surface area contributed by atoms with Gasteiger partial charge in [-0.2, -0.15) is 5.26 Å². The van der Waals surface area contributed by atoms with Gasteiger partial charge in [-0.3, -0.25) is 28.8 Å². The largest absolute Gasteiger partial charge is 0.423 e. The average Bonchev–Trinajstić information content (AvgIpc) is 3.64. The third-order valence-corrected chi connectivity index (χ3v) is 8.24. The molecule has 0 spiro atoms. The Hall–Kier alpha value is -5.71. The number of carbonyl (C=O) groups is 6. The van der Waals surface area contributed by atoms with E-state index in [-0.39, 0.29) is 24.3 Å². The number of rotatable bonds is 19. The Morgan fingerprint density at radius 2 is 1.44 bits per heavy atom. The van der Waals surface area contributed by atoms with E-state index in [1.54, 1.807) is 42.5 Å². The lowest BCUT2D eigenvalue weighted by Gasteiger charge is -2.26. The molecular formula is C35H43ClN10O8. The van der Waals surface area contributed by atoms with E-state index >= 15 is 0 Å². The molecule has 6 unspecified atom stereocenters. The number of Topliss-reactive ketones (excluding diaryl/α,β-unsaturated/α-hetero) is 1. The predicted molar refractivity (Wildman–Crippen MR) is 195 cm³/mol. The summed E-state index contributed by atoms with van der Waals surface area (Å²) in [7, 11) is 0. The number of benzene rings is 2. The van der Waals surface area contributed by atoms with E-state index in [9.17, 15) is 33.9 Å². The number of nitriles is 1. The summed E-state index contributed by atoms with van der Waals surface area (Å²) in [5.41, 5.74) is 19.2. The van der Waals surface area contributed by atoms with Gasteiger partial charge in [0.25, 0.3) is 17.7 Å². The summed E-state index contributed by atoms with van der Waals surface area (Å²) in [6, 6.07) is 10.00. The van der Waals surface area contributed by atoms with Gasteiger partial charge in [-0.1, -0.05) is 35.9 Å². The van der Waals surface area contributed by atoms with Crippen LogP contribution >= 0.6 is 11.6 Å². The van der Waals surface area contributed by atoms with E-state index < -0.39 is 77.6 Å². The first-order valence-electron chi connectivity index (χ1n) is 16.8. The maximum absolute atomic E-state index is 13.1. The van der Waals surface area contributed by atoms with E-state index in [0.29, 0.717) is 24.4 Å². The lowest BCUT2D eigenvalue weighted by Crippen LogP contribution is -2.63. The van der Waals surface area contributed by atoms with Crippen molar-refractivity contribution in [2.45, 2.75) is 69.5 Å². The molecule has 19 heteroatoms. The standard InChI is InChI=1S/C35H43ClN10O8/c1-18(28(48)35-41-17-24(15-38)54-35)42-31(50)25(5-3-4-14-37)43-34(53)29(40)46-33(52)27(19(2)47)45-32(51)26(16-39)44-30(49)22-8-6-20(7-9-22)21-10-12-23(36)13-11-21/h6-13,17-19,25-27,29,47H,3-5,14,16,37,39-40H2,1-2H3,(H,42,50)(H,43,53)(H,44,49)(H,45,51)(H,46,52). The number of aliphatic hydroxyl groups is 1. The molecule has 2 aromatic carbocycles. The highest BCUT2D eigenvalue weighted by atomic mass is 35.5. The number of nitrogens with one attached hydrogen (secondary N) is 5. The lowest BCUT2D eigenvalue weighted by atomic mass is 10.0. The fraction of sp³-hybridized carbons (Fsp3) is 0.371. The number of hydrogen-bond acceptors (Lipinski definition) is 13. The maximum atomic E-state index is 13.1. The summed E-state index contributed by atoms with van der Waals surface area (Å²) in [5.74, 6) is -5.70. The second-order valence-electron chi connectivity index (χ2n) is 12.1. The second kappa shape index (κ2) is 20.5. The van der Waals surface area contributed by atoms with Crippen molar-refractivity contribution in [1.29, 1.82) is 5.26 Å². The van der Waals surface area contributed by atoms with Gasteiger partial charge in [0, 0.05) is 17.1 Å². The fourth-order valence-corrected chi connectivity index (χ4v) is 5.05. The molecule has 6 atom stereocenters. The Kier molecular flexibility index (Phi) is 16.2. The first-order valence-corrected chi connectivity index (χ1v) is 17.2. The van der Waals surface area contributed by atoms with Crippen LogP contribution in [0.5, 0.6) is 0 Å². The molecule has 0 aliphatic heterocycles. The van der Waals surface area contributed by atoms with Crippen LogP contribution in [0.15, 0.2) is 59.1 Å². The molecule has 0 aliphatic carbocycles. The molecule has 3 aromatic rings. The van der Waals surface area contributed by atoms with Crippen LogP contribution in [0.2, 0.25) is 5.02 Å². The van der Waals surface area contributed by atoms with Gasteiger partial charge in [0.15, 0.2) is 6.17 Å². The summed E-state index contributed by atoms with van der Waals surface area (Å²) in [5, 5.41) is 31.7. The van der Waals surface area contributed by atoms with Gasteiger partial charge in [0.1, 0.15) is 24.2 Å². The Morgan fingerprint density at radius 3 is 2.00 bits per heavy atom. The molecule has 0 fully saturated rings. The zero-order chi connectivity index (χ0) is 39.9. The molecule has 3 rings (SSSR count). The number of amides is 5. The minimum absolute atomic E-state index is 0.0823. The summed E-state index contributed by atoms with van der Waals surface area (Å²) in [4.78, 5) is 81.7. The van der Waals surface area contributed by atoms with Crippen LogP contribution in [0, 0.1) is 11.3 Å². The zero-order valence-corrected chi connectivity index (χ0v) is 30.3. The van der Waals surface area contributed by atoms with Crippen LogP contribution in [-0.2, 0) is 19.2 Å². The minimum atomic E-state index is -1.77. The van der Waals surface area contributed by atoms with Gasteiger partial charge in [-0.05, 0) is 75.0 Å². The number of carbonyl (C=O) groups excluding carboxylic acids is 6. The summed E-state index contributed by atoms with van der Waals surface area (Å²) < 4.78 is 5.02. The molecule has 1 aromatic heterocycles. The quantitative estimate of drug-likeness (QED) is 0.0410. The lowest BCUT2D eigenvalue weighted by molar-refractivity contribution is -0.135. The molecule has 12 N–H and O–H groups in total. The van der Waals surface area contributed by atoms with Crippen LogP contribution in [0.25, 0.3) is 11.1 Å². The molecule has 54 heavy (non-hydrogen) atoms. The van der Waals surface area contributed by atoms with E-state index in [2.05, 4.69) is 31.6 Å². The molecule has 0 aliphatic rings. The van der Waals surface area contributed by atoms with Crippen molar-refractivity contribution < 1.29 is 38.3 Å². The topological polar surface area (TPSA) is 311 Å². The summed E-state index contributed by atoms with van der Waals surface area (Å²) >= 11 is 5.95. The van der Waals surface area contributed by atoms with Crippen molar-refractivity contribution in [1.82, 2.24) is 31.6 Å². The van der Waals surface area contributed by atoms with Crippen molar-refractivity contribution in [3.63, 3.8) is 0 Å². The summed E-state index contributed by atoms with van der Waals surface area (Å²) in [6.07, 6.45) is -1.23. The number of nitrogens with zero attached hydrogens (tertiary/aromatic N) is 2. The third kappa shape index (κ3) is 12.2. The SMILES string of the molecule is CC(NC(=O)C(CCCCN)NC(=O)C(N)NC(=O)C(NC(=O)C(CN)NC(=O)c1ccc(-c2ccc(Cl)cc2)cc1)C(C)O)C(=O)c1ncc(C#N)o1. The Labute approximate surface area is 315 Å². The highest BCUT2D eigenvalue weighted by molar-refractivity contribution is 6.30. The first kappa shape index (κ1) is 42.7. The highest BCUT2D eigenvalue weighted by Crippen LogP contribution is 2.22. The number of oxazole rings is 1. The number of aliphatic hydroxyl groups excluding tert-OH is 1. The molecular weight excluding hydrogens is 724 g/mol. The number of hydrogen-bond donors (Lipinski definition) is 9. The Bertz CT molecular complexity index is 1830. The van der Waals surface area contributed by atoms with Crippen LogP contribution in [0.1, 0.15) is 59.9 Å². The van der Waals surface area contributed by atoms with Gasteiger partial charge in [-0.25, -0.2) is 4.98 Å². The number of aromatic nitrogens is 1. The normalized spacial score (nSPS) is 14.2. The van der Waals surface area contributed by atoms with E-state index in [4.69, 9.17) is 38.5 Å². The number of halogens is 1. The van der Waals surface area contributed by atoms with Crippen LogP contribution in [0.3, 0.4) is 0 Å². The minimum Gasteiger partial charge on any atom is -0.423 e. The average molecular weight is 767 g/mol. The smallest absolute Gasteiger partial charge is 0.266 e. The zero-order valence-electron chi connectivity index (χ0n) is 29.5. The molecule has 0 bridgehead atoms. The monoisotopic (exact) mass is 766 g/mol. The highest BCUT2D eigenvalue weighted by Gasteiger charge is 2.33. The molecule has 0 radical (unpaired) electrons. The fourth-order valence-electron chi connectivity index (χ4n) is 4.92. The van der Waals surface area contributed by atoms with Crippen LogP contribution in [0.4, 0.5) is 0 Å². The van der Waals surface area contributed by atoms with Crippen molar-refractivity contribution in [3.05, 3.63) is 77.0 Å². The van der Waals surface area contributed by atoms with Gasteiger partial charge >= 0.3 is 0 Å². The van der Waals surface area contributed by atoms with Crippen molar-refractivity contribution in [2.75, 3.05) is 13.1 Å². The van der Waals surface area contributed by atoms with Crippen LogP contribution < -0.4 is 43.8 Å². The predicted octanol–water partition coefficient (Wildman–Crippen LogP) is -0.808. The third-order valence-electron chi connectivity index (χ3n) is 7.98. The van der Waals surface area contributed by atoms with E-state index in [0.717, 1.165) is 17.3 Å². The molecule has 1 heterocycles. The Morgan fingerprint density at radius 1 is 0.833 bits per heavy atom. The maximum Gasteiger partial charge on any atom is 0.266 e. The number of nitrogens with two attached hydrogens (primary N) is 3. The van der Waals surface area contributed by atoms with Gasteiger partial charge in [0.2, 0.25) is 29.3 Å². The van der Waals surface area contributed by atoms with Crippen molar-refractivity contribution >= 4 is 46.9 Å². The van der Waals surface area contributed by atoms with E-state index in [1.165, 1.54) is 13.8 Å².